The Morgan fingerprint density at radius 3 is 3.03 bits per heavy atom. The lowest BCUT2D eigenvalue weighted by Gasteiger charge is -2.30. The lowest BCUT2D eigenvalue weighted by molar-refractivity contribution is 0.0299. The Balaban J connectivity index is 1.41. The fourth-order valence-corrected chi connectivity index (χ4v) is 4.33. The molecule has 0 bridgehead atoms. The summed E-state index contributed by atoms with van der Waals surface area (Å²) in [6.45, 7) is 4.55. The van der Waals surface area contributed by atoms with E-state index in [1.807, 2.05) is 6.07 Å². The predicted octanol–water partition coefficient (Wildman–Crippen LogP) is 1.85. The Bertz CT molecular complexity index is 891. The number of aromatic nitrogens is 3. The van der Waals surface area contributed by atoms with E-state index in [0.29, 0.717) is 49.6 Å². The summed E-state index contributed by atoms with van der Waals surface area (Å²) in [6.07, 6.45) is 3.84. The molecule has 10 heteroatoms. The molecule has 0 aliphatic carbocycles. The topological polar surface area (TPSA) is 107 Å². The largest absolute Gasteiger partial charge is 0.378 e. The zero-order chi connectivity index (χ0) is 20.1. The molecule has 0 unspecified atom stereocenters. The van der Waals surface area contributed by atoms with Crippen LogP contribution in [0.15, 0.2) is 17.6 Å². The summed E-state index contributed by atoms with van der Waals surface area (Å²) in [5, 5.41) is 14.4. The van der Waals surface area contributed by atoms with Gasteiger partial charge in [0.15, 0.2) is 5.13 Å². The molecule has 0 spiro atoms. The number of carbonyl (C=O) groups is 1. The number of thiazole rings is 1. The molecule has 2 aliphatic heterocycles. The molecule has 0 aromatic carbocycles. The minimum atomic E-state index is -0.0768. The lowest BCUT2D eigenvalue weighted by Crippen LogP contribution is -2.40. The third-order valence-electron chi connectivity index (χ3n) is 5.14. The first-order valence-electron chi connectivity index (χ1n) is 9.75. The molecule has 152 valence electrons. The number of morpholine rings is 1. The van der Waals surface area contributed by atoms with Crippen LogP contribution in [0.3, 0.4) is 0 Å². The highest BCUT2D eigenvalue weighted by Crippen LogP contribution is 2.26. The Kier molecular flexibility index (Phi) is 6.29. The normalized spacial score (nSPS) is 20.2. The van der Waals surface area contributed by atoms with Crippen molar-refractivity contribution in [1.29, 1.82) is 5.26 Å². The van der Waals surface area contributed by atoms with Crippen LogP contribution in [-0.4, -0.2) is 76.6 Å². The number of nitrogens with one attached hydrogen (secondary N) is 1. The summed E-state index contributed by atoms with van der Waals surface area (Å²) in [6, 6.07) is 4.16. The maximum atomic E-state index is 12.5. The van der Waals surface area contributed by atoms with Gasteiger partial charge in [0, 0.05) is 37.1 Å². The van der Waals surface area contributed by atoms with E-state index in [1.165, 1.54) is 11.3 Å². The number of anilines is 2. The van der Waals surface area contributed by atoms with E-state index in [2.05, 4.69) is 31.2 Å². The quantitative estimate of drug-likeness (QED) is 0.740. The number of hydrogen-bond acceptors (Lipinski definition) is 9. The summed E-state index contributed by atoms with van der Waals surface area (Å²) < 4.78 is 5.29. The van der Waals surface area contributed by atoms with Crippen LogP contribution in [0.5, 0.6) is 0 Å². The Hall–Kier alpha value is -2.61. The molecule has 9 nitrogen and oxygen atoms in total. The Labute approximate surface area is 173 Å². The lowest BCUT2D eigenvalue weighted by atomic mass is 9.94. The molecule has 0 radical (unpaired) electrons. The molecule has 4 rings (SSSR count). The van der Waals surface area contributed by atoms with Gasteiger partial charge in [0.1, 0.15) is 5.69 Å². The van der Waals surface area contributed by atoms with Gasteiger partial charge < -0.3 is 15.0 Å². The van der Waals surface area contributed by atoms with Gasteiger partial charge in [-0.05, 0) is 25.5 Å². The van der Waals surface area contributed by atoms with Gasteiger partial charge in [0.25, 0.3) is 5.91 Å². The average molecular weight is 414 g/mol. The van der Waals surface area contributed by atoms with E-state index in [1.54, 1.807) is 16.5 Å². The standard InChI is InChI=1S/C19H23N7O2S/c20-4-7-25-6-1-2-14(12-25)15-3-5-21-18(22-15)24-19-23-16(13-29-19)17(27)26-8-10-28-11-9-26/h3,5,13-14H,1-2,6-12H2,(H,21,22,23,24)/t14-/m1/s1. The number of carbonyl (C=O) groups excluding carboxylic acids is 1. The van der Waals surface area contributed by atoms with Gasteiger partial charge in [-0.1, -0.05) is 0 Å². The highest BCUT2D eigenvalue weighted by molar-refractivity contribution is 7.14. The first-order valence-corrected chi connectivity index (χ1v) is 10.6. The second kappa shape index (κ2) is 9.26. The van der Waals surface area contributed by atoms with E-state index >= 15 is 0 Å². The molecule has 2 aliphatic rings. The second-order valence-corrected chi connectivity index (χ2v) is 7.96. The number of amides is 1. The summed E-state index contributed by atoms with van der Waals surface area (Å²) in [5.74, 6) is 0.682. The van der Waals surface area contributed by atoms with Crippen LogP contribution in [0.25, 0.3) is 0 Å². The zero-order valence-corrected chi connectivity index (χ0v) is 16.9. The molecule has 2 saturated heterocycles. The van der Waals surface area contributed by atoms with Crippen LogP contribution in [0, 0.1) is 11.3 Å². The monoisotopic (exact) mass is 413 g/mol. The number of rotatable bonds is 5. The number of ether oxygens (including phenoxy) is 1. The van der Waals surface area contributed by atoms with Crippen LogP contribution in [-0.2, 0) is 4.74 Å². The average Bonchev–Trinajstić information content (AvgIpc) is 3.23. The molecule has 29 heavy (non-hydrogen) atoms. The van der Waals surface area contributed by atoms with Gasteiger partial charge in [0.05, 0.1) is 31.5 Å². The summed E-state index contributed by atoms with van der Waals surface area (Å²) in [4.78, 5) is 29.8. The van der Waals surface area contributed by atoms with Gasteiger partial charge >= 0.3 is 0 Å². The fraction of sp³-hybridized carbons (Fsp3) is 0.526. The maximum Gasteiger partial charge on any atom is 0.273 e. The minimum Gasteiger partial charge on any atom is -0.378 e. The van der Waals surface area contributed by atoms with Crippen molar-refractivity contribution in [2.75, 3.05) is 51.3 Å². The smallest absolute Gasteiger partial charge is 0.273 e. The van der Waals surface area contributed by atoms with Crippen molar-refractivity contribution in [2.45, 2.75) is 18.8 Å². The van der Waals surface area contributed by atoms with Crippen molar-refractivity contribution in [3.05, 3.63) is 29.0 Å². The van der Waals surface area contributed by atoms with Crippen molar-refractivity contribution in [2.24, 2.45) is 0 Å². The van der Waals surface area contributed by atoms with Gasteiger partial charge in [-0.3, -0.25) is 9.69 Å². The maximum absolute atomic E-state index is 12.5. The van der Waals surface area contributed by atoms with Crippen LogP contribution in [0.2, 0.25) is 0 Å². The highest BCUT2D eigenvalue weighted by atomic mass is 32.1. The fourth-order valence-electron chi connectivity index (χ4n) is 3.65. The van der Waals surface area contributed by atoms with Crippen molar-refractivity contribution >= 4 is 28.3 Å². The van der Waals surface area contributed by atoms with Crippen LogP contribution in [0.1, 0.15) is 34.9 Å². The first kappa shape index (κ1) is 19.7. The molecule has 1 amide bonds. The number of piperidine rings is 1. The summed E-state index contributed by atoms with van der Waals surface area (Å²) in [5.41, 5.74) is 1.39. The van der Waals surface area contributed by atoms with Crippen molar-refractivity contribution in [1.82, 2.24) is 24.8 Å². The number of hydrogen-bond donors (Lipinski definition) is 1. The molecule has 1 atom stereocenters. The van der Waals surface area contributed by atoms with Gasteiger partial charge in [0.2, 0.25) is 5.95 Å². The van der Waals surface area contributed by atoms with Gasteiger partial charge in [-0.2, -0.15) is 5.26 Å². The number of nitrogens with zero attached hydrogens (tertiary/aromatic N) is 6. The molecule has 1 N–H and O–H groups in total. The third-order valence-corrected chi connectivity index (χ3v) is 5.89. The molecule has 4 heterocycles. The summed E-state index contributed by atoms with van der Waals surface area (Å²) >= 11 is 1.36. The number of likely N-dealkylation sites (tertiary alicyclic amines) is 1. The highest BCUT2D eigenvalue weighted by Gasteiger charge is 2.23. The van der Waals surface area contributed by atoms with Gasteiger partial charge in [-0.25, -0.2) is 15.0 Å². The Morgan fingerprint density at radius 1 is 1.34 bits per heavy atom. The van der Waals surface area contributed by atoms with Crippen molar-refractivity contribution < 1.29 is 9.53 Å². The summed E-state index contributed by atoms with van der Waals surface area (Å²) in [7, 11) is 0. The van der Waals surface area contributed by atoms with E-state index in [0.717, 1.165) is 31.6 Å². The predicted molar refractivity (Wildman–Crippen MR) is 108 cm³/mol. The van der Waals surface area contributed by atoms with Gasteiger partial charge in [-0.15, -0.1) is 11.3 Å². The third kappa shape index (κ3) is 4.87. The second-order valence-electron chi connectivity index (χ2n) is 7.10. The van der Waals surface area contributed by atoms with E-state index in [4.69, 9.17) is 10.00 Å². The molecule has 2 aromatic heterocycles. The molecule has 2 fully saturated rings. The molecular formula is C19H23N7O2S. The zero-order valence-electron chi connectivity index (χ0n) is 16.1. The van der Waals surface area contributed by atoms with E-state index in [-0.39, 0.29) is 11.8 Å². The molecular weight excluding hydrogens is 390 g/mol. The molecule has 0 saturated carbocycles. The first-order chi connectivity index (χ1) is 14.2. The van der Waals surface area contributed by atoms with Crippen molar-refractivity contribution in [3.8, 4) is 6.07 Å². The Morgan fingerprint density at radius 2 is 2.21 bits per heavy atom. The van der Waals surface area contributed by atoms with Crippen LogP contribution < -0.4 is 5.32 Å². The molecule has 2 aromatic rings. The van der Waals surface area contributed by atoms with E-state index in [9.17, 15) is 4.79 Å². The van der Waals surface area contributed by atoms with Crippen LogP contribution >= 0.6 is 11.3 Å². The van der Waals surface area contributed by atoms with E-state index < -0.39 is 0 Å². The minimum absolute atomic E-state index is 0.0768. The number of nitriles is 1. The van der Waals surface area contributed by atoms with Crippen molar-refractivity contribution in [3.63, 3.8) is 0 Å². The van der Waals surface area contributed by atoms with Crippen LogP contribution in [0.4, 0.5) is 11.1 Å². The SMILES string of the molecule is N#CCN1CCC[C@@H](c2ccnc(Nc3nc(C(=O)N4CCOCC4)cs3)n2)C1.